The van der Waals surface area contributed by atoms with Gasteiger partial charge >= 0.3 is 0 Å². The molecule has 0 fully saturated rings. The molecule has 140 valence electrons. The molecule has 27 heavy (non-hydrogen) atoms. The Morgan fingerprint density at radius 1 is 1.19 bits per heavy atom. The van der Waals surface area contributed by atoms with Crippen LogP contribution in [0.25, 0.3) is 11.4 Å². The van der Waals surface area contributed by atoms with Crippen molar-refractivity contribution in [3.8, 4) is 11.4 Å². The second kappa shape index (κ2) is 8.35. The van der Waals surface area contributed by atoms with Crippen LogP contribution in [0, 0.1) is 5.82 Å². The molecule has 2 aromatic carbocycles. The molecule has 3 rings (SSSR count). The highest BCUT2D eigenvalue weighted by atomic mass is 32.2. The summed E-state index contributed by atoms with van der Waals surface area (Å²) in [6.07, 6.45) is 0.955. The van der Waals surface area contributed by atoms with E-state index in [1.165, 1.54) is 23.4 Å². The van der Waals surface area contributed by atoms with Crippen LogP contribution >= 0.6 is 11.8 Å². The molecule has 1 unspecified atom stereocenters. The molecule has 1 N–H and O–H groups in total. The Bertz CT molecular complexity index is 939. The lowest BCUT2D eigenvalue weighted by atomic mass is 10.1. The third-order valence-electron chi connectivity index (χ3n) is 4.23. The van der Waals surface area contributed by atoms with Crippen molar-refractivity contribution in [1.29, 1.82) is 0 Å². The van der Waals surface area contributed by atoms with Gasteiger partial charge in [-0.25, -0.2) is 4.39 Å². The average Bonchev–Trinajstić information content (AvgIpc) is 3.03. The fourth-order valence-electron chi connectivity index (χ4n) is 2.57. The van der Waals surface area contributed by atoms with E-state index < -0.39 is 0 Å². The molecule has 1 aromatic heterocycles. The number of aryl methyl sites for hydroxylation is 1. The smallest absolute Gasteiger partial charge is 0.237 e. The second-order valence-electron chi connectivity index (χ2n) is 6.14. The fourth-order valence-corrected chi connectivity index (χ4v) is 3.39. The molecule has 3 aromatic rings. The molecule has 7 heteroatoms. The number of nitrogens with one attached hydrogen (secondary N) is 1. The summed E-state index contributed by atoms with van der Waals surface area (Å²) in [5.41, 5.74) is 2.36. The molecule has 0 radical (unpaired) electrons. The Morgan fingerprint density at radius 2 is 1.89 bits per heavy atom. The summed E-state index contributed by atoms with van der Waals surface area (Å²) < 4.78 is 15.7. The van der Waals surface area contributed by atoms with Crippen molar-refractivity contribution in [2.45, 2.75) is 30.7 Å². The number of anilines is 1. The van der Waals surface area contributed by atoms with E-state index in [2.05, 4.69) is 22.4 Å². The van der Waals surface area contributed by atoms with Gasteiger partial charge in [0.05, 0.1) is 10.8 Å². The van der Waals surface area contributed by atoms with Gasteiger partial charge in [0.25, 0.3) is 0 Å². The summed E-state index contributed by atoms with van der Waals surface area (Å²) in [7, 11) is 1.76. The van der Waals surface area contributed by atoms with Gasteiger partial charge in [-0.3, -0.25) is 4.79 Å². The van der Waals surface area contributed by atoms with Gasteiger partial charge in [0.2, 0.25) is 5.91 Å². The SMILES string of the molecule is CCc1ccc(NC(=O)C(C)Sc2nnc(-c3ccccc3F)n2C)cc1. The lowest BCUT2D eigenvalue weighted by Crippen LogP contribution is -2.22. The number of hydrogen-bond donors (Lipinski definition) is 1. The minimum absolute atomic E-state index is 0.125. The van der Waals surface area contributed by atoms with E-state index in [0.29, 0.717) is 16.5 Å². The third-order valence-corrected chi connectivity index (χ3v) is 5.36. The molecular weight excluding hydrogens is 363 g/mol. The van der Waals surface area contributed by atoms with E-state index in [1.54, 1.807) is 36.7 Å². The number of carbonyl (C=O) groups excluding carboxylic acids is 1. The van der Waals surface area contributed by atoms with Gasteiger partial charge in [-0.15, -0.1) is 10.2 Å². The molecule has 1 atom stereocenters. The van der Waals surface area contributed by atoms with Crippen LogP contribution in [-0.2, 0) is 18.3 Å². The van der Waals surface area contributed by atoms with Gasteiger partial charge in [-0.1, -0.05) is 43.0 Å². The van der Waals surface area contributed by atoms with Gasteiger partial charge in [-0.05, 0) is 43.2 Å². The maximum atomic E-state index is 14.0. The van der Waals surface area contributed by atoms with E-state index in [1.807, 2.05) is 24.3 Å². The number of rotatable bonds is 6. The van der Waals surface area contributed by atoms with Crippen molar-refractivity contribution in [2.75, 3.05) is 5.32 Å². The van der Waals surface area contributed by atoms with E-state index in [9.17, 15) is 9.18 Å². The fraction of sp³-hybridized carbons (Fsp3) is 0.250. The topological polar surface area (TPSA) is 59.8 Å². The number of benzene rings is 2. The average molecular weight is 384 g/mol. The van der Waals surface area contributed by atoms with Crippen LogP contribution in [0.2, 0.25) is 0 Å². The number of nitrogens with zero attached hydrogens (tertiary/aromatic N) is 3. The minimum Gasteiger partial charge on any atom is -0.325 e. The van der Waals surface area contributed by atoms with Crippen LogP contribution < -0.4 is 5.32 Å². The molecule has 5 nitrogen and oxygen atoms in total. The predicted octanol–water partition coefficient (Wildman–Crippen LogP) is 4.30. The van der Waals surface area contributed by atoms with Crippen molar-refractivity contribution >= 4 is 23.4 Å². The van der Waals surface area contributed by atoms with Gasteiger partial charge in [0, 0.05) is 12.7 Å². The molecule has 0 aliphatic carbocycles. The molecule has 0 aliphatic rings. The van der Waals surface area contributed by atoms with Crippen molar-refractivity contribution in [3.63, 3.8) is 0 Å². The lowest BCUT2D eigenvalue weighted by Gasteiger charge is -2.12. The summed E-state index contributed by atoms with van der Waals surface area (Å²) in [5.74, 6) is -0.0519. The van der Waals surface area contributed by atoms with Crippen LogP contribution in [-0.4, -0.2) is 25.9 Å². The zero-order valence-corrected chi connectivity index (χ0v) is 16.3. The second-order valence-corrected chi connectivity index (χ2v) is 7.45. The zero-order valence-electron chi connectivity index (χ0n) is 15.4. The molecule has 0 spiro atoms. The summed E-state index contributed by atoms with van der Waals surface area (Å²) in [6, 6.07) is 14.2. The maximum Gasteiger partial charge on any atom is 0.237 e. The maximum absolute atomic E-state index is 14.0. The Balaban J connectivity index is 1.69. The summed E-state index contributed by atoms with van der Waals surface area (Å²) in [6.45, 7) is 3.89. The first-order valence-corrected chi connectivity index (χ1v) is 9.58. The highest BCUT2D eigenvalue weighted by Gasteiger charge is 2.20. The first-order chi connectivity index (χ1) is 13.0. The summed E-state index contributed by atoms with van der Waals surface area (Å²) in [4.78, 5) is 12.5. The van der Waals surface area contributed by atoms with Gasteiger partial charge < -0.3 is 9.88 Å². The van der Waals surface area contributed by atoms with Crippen LogP contribution in [0.5, 0.6) is 0 Å². The zero-order chi connectivity index (χ0) is 19.4. The summed E-state index contributed by atoms with van der Waals surface area (Å²) >= 11 is 1.28. The highest BCUT2D eigenvalue weighted by Crippen LogP contribution is 2.27. The highest BCUT2D eigenvalue weighted by molar-refractivity contribution is 8.00. The molecule has 1 amide bonds. The Labute approximate surface area is 162 Å². The third kappa shape index (κ3) is 4.36. The molecule has 0 bridgehead atoms. The van der Waals surface area contributed by atoms with Gasteiger partial charge in [0.1, 0.15) is 5.82 Å². The van der Waals surface area contributed by atoms with E-state index in [-0.39, 0.29) is 17.0 Å². The van der Waals surface area contributed by atoms with Crippen molar-refractivity contribution in [2.24, 2.45) is 7.05 Å². The van der Waals surface area contributed by atoms with E-state index >= 15 is 0 Å². The predicted molar refractivity (Wildman–Crippen MR) is 106 cm³/mol. The summed E-state index contributed by atoms with van der Waals surface area (Å²) in [5, 5.41) is 11.3. The van der Waals surface area contributed by atoms with Crippen molar-refractivity contribution < 1.29 is 9.18 Å². The minimum atomic E-state index is -0.382. The molecule has 1 heterocycles. The Morgan fingerprint density at radius 3 is 2.56 bits per heavy atom. The first kappa shape index (κ1) is 19.1. The normalized spacial score (nSPS) is 12.0. The number of halogens is 1. The lowest BCUT2D eigenvalue weighted by molar-refractivity contribution is -0.115. The van der Waals surface area contributed by atoms with Crippen molar-refractivity contribution in [3.05, 3.63) is 59.9 Å². The number of hydrogen-bond acceptors (Lipinski definition) is 4. The largest absolute Gasteiger partial charge is 0.325 e. The quantitative estimate of drug-likeness (QED) is 0.644. The monoisotopic (exact) mass is 384 g/mol. The Hall–Kier alpha value is -2.67. The van der Waals surface area contributed by atoms with Gasteiger partial charge in [-0.2, -0.15) is 0 Å². The Kier molecular flexibility index (Phi) is 5.91. The number of amides is 1. The van der Waals surface area contributed by atoms with Crippen LogP contribution in [0.3, 0.4) is 0 Å². The molecule has 0 aliphatic heterocycles. The molecule has 0 saturated carbocycles. The number of carbonyl (C=O) groups is 1. The molecule has 0 saturated heterocycles. The van der Waals surface area contributed by atoms with Crippen LogP contribution in [0.1, 0.15) is 19.4 Å². The van der Waals surface area contributed by atoms with Crippen LogP contribution in [0.4, 0.5) is 10.1 Å². The van der Waals surface area contributed by atoms with Crippen molar-refractivity contribution in [1.82, 2.24) is 14.8 Å². The van der Waals surface area contributed by atoms with E-state index in [4.69, 9.17) is 0 Å². The number of thioether (sulfide) groups is 1. The van der Waals surface area contributed by atoms with E-state index in [0.717, 1.165) is 12.1 Å². The van der Waals surface area contributed by atoms with Gasteiger partial charge in [0.15, 0.2) is 11.0 Å². The van der Waals surface area contributed by atoms with Crippen LogP contribution in [0.15, 0.2) is 53.7 Å². The standard InChI is InChI=1S/C20H21FN4OS/c1-4-14-9-11-15(12-10-14)22-19(26)13(2)27-20-24-23-18(25(20)3)16-7-5-6-8-17(16)21/h5-13H,4H2,1-3H3,(H,22,26). The molecular formula is C20H21FN4OS. The number of aromatic nitrogens is 3. The first-order valence-electron chi connectivity index (χ1n) is 8.70.